The zero-order chi connectivity index (χ0) is 14.4. The van der Waals surface area contributed by atoms with Gasteiger partial charge in [-0.15, -0.1) is 11.3 Å². The van der Waals surface area contributed by atoms with E-state index in [0.29, 0.717) is 12.1 Å². The normalized spacial score (nSPS) is 9.70. The predicted molar refractivity (Wildman–Crippen MR) is 78.4 cm³/mol. The highest BCUT2D eigenvalue weighted by atomic mass is 32.1. The predicted octanol–water partition coefficient (Wildman–Crippen LogP) is 1.73. The second-order valence-corrected chi connectivity index (χ2v) is 5.33. The molecule has 2 heterocycles. The second-order valence-electron chi connectivity index (χ2n) is 4.16. The second kappa shape index (κ2) is 6.85. The molecule has 2 aromatic rings. The van der Waals surface area contributed by atoms with E-state index in [1.54, 1.807) is 18.5 Å². The van der Waals surface area contributed by atoms with Gasteiger partial charge in [0.1, 0.15) is 6.61 Å². The molecular weight excluding hydrogens is 272 g/mol. The van der Waals surface area contributed by atoms with E-state index in [0.717, 1.165) is 15.3 Å². The number of rotatable bonds is 3. The zero-order valence-corrected chi connectivity index (χ0v) is 11.8. The van der Waals surface area contributed by atoms with Crippen LogP contribution in [0.2, 0.25) is 0 Å². The summed E-state index contributed by atoms with van der Waals surface area (Å²) in [4.78, 5) is 17.8. The Bertz CT molecular complexity index is 668. The van der Waals surface area contributed by atoms with E-state index in [4.69, 9.17) is 5.11 Å². The fourth-order valence-corrected chi connectivity index (χ4v) is 2.44. The lowest BCUT2D eigenvalue weighted by Crippen LogP contribution is -2.22. The number of hydrogen-bond donors (Lipinski definition) is 2. The number of amides is 1. The standard InChI is InChI=1S/C15H14N2O2S/c1-11-7-12(9-16-8-11)15(19)17-10-14-5-4-13(20-14)3-2-6-18/h4-5,7-9,18H,6,10H2,1H3,(H,17,19). The maximum absolute atomic E-state index is 11.9. The molecular formula is C15H14N2O2S. The number of nitrogens with one attached hydrogen (secondary N) is 1. The van der Waals surface area contributed by atoms with Crippen LogP contribution < -0.4 is 5.32 Å². The molecule has 0 atom stereocenters. The van der Waals surface area contributed by atoms with Gasteiger partial charge in [-0.2, -0.15) is 0 Å². The van der Waals surface area contributed by atoms with Crippen molar-refractivity contribution in [2.75, 3.05) is 6.61 Å². The van der Waals surface area contributed by atoms with Gasteiger partial charge in [0, 0.05) is 17.3 Å². The van der Waals surface area contributed by atoms with Crippen molar-refractivity contribution in [3.63, 3.8) is 0 Å². The highest BCUT2D eigenvalue weighted by Crippen LogP contribution is 2.15. The minimum atomic E-state index is -0.148. The van der Waals surface area contributed by atoms with Crippen molar-refractivity contribution in [1.82, 2.24) is 10.3 Å². The molecule has 0 aromatic carbocycles. The molecule has 2 rings (SSSR count). The number of carbonyl (C=O) groups excluding carboxylic acids is 1. The van der Waals surface area contributed by atoms with Crippen molar-refractivity contribution in [1.29, 1.82) is 0 Å². The number of nitrogens with zero attached hydrogens (tertiary/aromatic N) is 1. The molecule has 0 fully saturated rings. The van der Waals surface area contributed by atoms with Gasteiger partial charge in [-0.1, -0.05) is 11.8 Å². The molecule has 0 saturated carbocycles. The smallest absolute Gasteiger partial charge is 0.253 e. The lowest BCUT2D eigenvalue weighted by molar-refractivity contribution is 0.0951. The molecule has 0 radical (unpaired) electrons. The molecule has 5 heteroatoms. The Morgan fingerprint density at radius 3 is 3.05 bits per heavy atom. The maximum Gasteiger partial charge on any atom is 0.253 e. The van der Waals surface area contributed by atoms with Crippen LogP contribution in [0.25, 0.3) is 0 Å². The van der Waals surface area contributed by atoms with Crippen LogP contribution in [0.1, 0.15) is 25.7 Å². The third-order valence-corrected chi connectivity index (χ3v) is 3.51. The van der Waals surface area contributed by atoms with E-state index in [2.05, 4.69) is 22.1 Å². The molecule has 0 aliphatic rings. The van der Waals surface area contributed by atoms with Gasteiger partial charge in [0.05, 0.1) is 17.0 Å². The van der Waals surface area contributed by atoms with Crippen molar-refractivity contribution < 1.29 is 9.90 Å². The molecule has 0 unspecified atom stereocenters. The van der Waals surface area contributed by atoms with Crippen LogP contribution in [0.4, 0.5) is 0 Å². The van der Waals surface area contributed by atoms with Gasteiger partial charge in [-0.3, -0.25) is 9.78 Å². The summed E-state index contributed by atoms with van der Waals surface area (Å²) >= 11 is 1.50. The van der Waals surface area contributed by atoms with Crippen molar-refractivity contribution in [3.05, 3.63) is 51.5 Å². The molecule has 4 nitrogen and oxygen atoms in total. The van der Waals surface area contributed by atoms with Gasteiger partial charge < -0.3 is 10.4 Å². The summed E-state index contributed by atoms with van der Waals surface area (Å²) in [7, 11) is 0. The molecule has 2 aromatic heterocycles. The first-order valence-corrected chi connectivity index (χ1v) is 6.89. The van der Waals surface area contributed by atoms with Crippen molar-refractivity contribution in [2.45, 2.75) is 13.5 Å². The van der Waals surface area contributed by atoms with Crippen molar-refractivity contribution >= 4 is 17.2 Å². The third-order valence-electron chi connectivity index (χ3n) is 2.51. The Balaban J connectivity index is 1.95. The van der Waals surface area contributed by atoms with E-state index < -0.39 is 0 Å². The SMILES string of the molecule is Cc1cncc(C(=O)NCc2ccc(C#CCO)s2)c1. The summed E-state index contributed by atoms with van der Waals surface area (Å²) in [5.41, 5.74) is 1.51. The molecule has 0 bridgehead atoms. The Labute approximate surface area is 121 Å². The molecule has 2 N–H and O–H groups in total. The summed E-state index contributed by atoms with van der Waals surface area (Å²) in [5, 5.41) is 11.5. The minimum absolute atomic E-state index is 0.141. The highest BCUT2D eigenvalue weighted by molar-refractivity contribution is 7.12. The molecule has 102 valence electrons. The number of aryl methyl sites for hydroxylation is 1. The molecule has 0 aliphatic carbocycles. The summed E-state index contributed by atoms with van der Waals surface area (Å²) < 4.78 is 0. The number of aliphatic hydroxyl groups excluding tert-OH is 1. The lowest BCUT2D eigenvalue weighted by Gasteiger charge is -2.03. The largest absolute Gasteiger partial charge is 0.384 e. The molecule has 1 amide bonds. The van der Waals surface area contributed by atoms with Gasteiger partial charge in [-0.05, 0) is 30.7 Å². The number of carbonyl (C=O) groups is 1. The molecule has 20 heavy (non-hydrogen) atoms. The number of thiophene rings is 1. The van der Waals surface area contributed by atoms with Gasteiger partial charge in [0.2, 0.25) is 0 Å². The van der Waals surface area contributed by atoms with Gasteiger partial charge in [0.25, 0.3) is 5.91 Å². The molecule has 0 aliphatic heterocycles. The monoisotopic (exact) mass is 286 g/mol. The van der Waals surface area contributed by atoms with Gasteiger partial charge in [-0.25, -0.2) is 0 Å². The Morgan fingerprint density at radius 2 is 2.30 bits per heavy atom. The summed E-state index contributed by atoms with van der Waals surface area (Å²) in [5.74, 6) is 5.29. The summed E-state index contributed by atoms with van der Waals surface area (Å²) in [6.45, 7) is 2.21. The number of aliphatic hydroxyl groups is 1. The fraction of sp³-hybridized carbons (Fsp3) is 0.200. The van der Waals surface area contributed by atoms with Crippen LogP contribution in [0.3, 0.4) is 0 Å². The van der Waals surface area contributed by atoms with Crippen molar-refractivity contribution in [2.24, 2.45) is 0 Å². The Hall–Kier alpha value is -2.16. The summed E-state index contributed by atoms with van der Waals surface area (Å²) in [6.07, 6.45) is 3.26. The maximum atomic E-state index is 11.9. The van der Waals surface area contributed by atoms with Crippen LogP contribution in [0.5, 0.6) is 0 Å². The zero-order valence-electron chi connectivity index (χ0n) is 11.0. The van der Waals surface area contributed by atoms with E-state index in [9.17, 15) is 4.79 Å². The number of hydrogen-bond acceptors (Lipinski definition) is 4. The first-order chi connectivity index (χ1) is 9.69. The molecule has 0 saturated heterocycles. The van der Waals surface area contributed by atoms with Crippen molar-refractivity contribution in [3.8, 4) is 11.8 Å². The lowest BCUT2D eigenvalue weighted by atomic mass is 10.2. The quantitative estimate of drug-likeness (QED) is 0.845. The van der Waals surface area contributed by atoms with Crippen LogP contribution in [0.15, 0.2) is 30.6 Å². The number of aromatic nitrogens is 1. The first kappa shape index (κ1) is 14.3. The van der Waals surface area contributed by atoms with Crippen LogP contribution in [-0.2, 0) is 6.54 Å². The fourth-order valence-electron chi connectivity index (χ4n) is 1.62. The van der Waals surface area contributed by atoms with Crippen LogP contribution >= 0.6 is 11.3 Å². The van der Waals surface area contributed by atoms with Crippen LogP contribution in [0, 0.1) is 18.8 Å². The third kappa shape index (κ3) is 3.92. The Morgan fingerprint density at radius 1 is 1.45 bits per heavy atom. The minimum Gasteiger partial charge on any atom is -0.384 e. The topological polar surface area (TPSA) is 62.2 Å². The van der Waals surface area contributed by atoms with E-state index in [1.165, 1.54) is 11.3 Å². The Kier molecular flexibility index (Phi) is 4.88. The van der Waals surface area contributed by atoms with Crippen LogP contribution in [-0.4, -0.2) is 22.6 Å². The van der Waals surface area contributed by atoms with Gasteiger partial charge in [0.15, 0.2) is 0 Å². The average Bonchev–Trinajstić information content (AvgIpc) is 2.90. The molecule has 0 spiro atoms. The van der Waals surface area contributed by atoms with E-state index in [-0.39, 0.29) is 12.5 Å². The number of pyridine rings is 1. The first-order valence-electron chi connectivity index (χ1n) is 6.07. The highest BCUT2D eigenvalue weighted by Gasteiger charge is 2.06. The van der Waals surface area contributed by atoms with E-state index >= 15 is 0 Å². The average molecular weight is 286 g/mol. The van der Waals surface area contributed by atoms with Gasteiger partial charge >= 0.3 is 0 Å². The van der Waals surface area contributed by atoms with E-state index in [1.807, 2.05) is 19.1 Å². The summed E-state index contributed by atoms with van der Waals surface area (Å²) in [6, 6.07) is 5.60.